The van der Waals surface area contributed by atoms with Gasteiger partial charge in [0, 0.05) is 18.3 Å². The van der Waals surface area contributed by atoms with E-state index in [2.05, 4.69) is 10.4 Å². The van der Waals surface area contributed by atoms with Gasteiger partial charge < -0.3 is 5.32 Å². The van der Waals surface area contributed by atoms with Crippen LogP contribution in [0.2, 0.25) is 0 Å². The zero-order chi connectivity index (χ0) is 13.8. The Morgan fingerprint density at radius 1 is 1.26 bits per heavy atom. The van der Waals surface area contributed by atoms with Crippen LogP contribution < -0.4 is 5.32 Å². The van der Waals surface area contributed by atoms with Gasteiger partial charge in [-0.2, -0.15) is 5.10 Å². The SMILES string of the molecule is Fc1ccc(F)c(CNc2cnn(CC(F)F)c2)c1. The van der Waals surface area contributed by atoms with Crippen LogP contribution in [0, 0.1) is 11.6 Å². The number of nitrogens with zero attached hydrogens (tertiary/aromatic N) is 2. The summed E-state index contributed by atoms with van der Waals surface area (Å²) < 4.78 is 51.5. The Balaban J connectivity index is 1.98. The maximum atomic E-state index is 13.3. The average Bonchev–Trinajstić information content (AvgIpc) is 2.77. The smallest absolute Gasteiger partial charge is 0.257 e. The van der Waals surface area contributed by atoms with Gasteiger partial charge in [0.1, 0.15) is 18.2 Å². The Kier molecular flexibility index (Phi) is 4.03. The molecule has 0 aliphatic heterocycles. The molecule has 2 aromatic rings. The minimum absolute atomic E-state index is 0.0456. The van der Waals surface area contributed by atoms with E-state index in [1.807, 2.05) is 0 Å². The zero-order valence-electron chi connectivity index (χ0n) is 9.78. The summed E-state index contributed by atoms with van der Waals surface area (Å²) in [5.74, 6) is -1.07. The summed E-state index contributed by atoms with van der Waals surface area (Å²) in [6, 6.07) is 3.14. The summed E-state index contributed by atoms with van der Waals surface area (Å²) in [7, 11) is 0. The molecule has 1 N–H and O–H groups in total. The fourth-order valence-corrected chi connectivity index (χ4v) is 1.57. The topological polar surface area (TPSA) is 29.9 Å². The quantitative estimate of drug-likeness (QED) is 0.849. The molecule has 0 radical (unpaired) electrons. The van der Waals surface area contributed by atoms with E-state index in [-0.39, 0.29) is 12.1 Å². The number of alkyl halides is 2. The van der Waals surface area contributed by atoms with Crippen molar-refractivity contribution in [2.45, 2.75) is 19.5 Å². The molecule has 0 aliphatic carbocycles. The lowest BCUT2D eigenvalue weighted by Crippen LogP contribution is -2.06. The predicted octanol–water partition coefficient (Wildman–Crippen LogP) is 3.04. The van der Waals surface area contributed by atoms with Crippen LogP contribution in [-0.2, 0) is 13.1 Å². The highest BCUT2D eigenvalue weighted by Crippen LogP contribution is 2.13. The van der Waals surface area contributed by atoms with E-state index in [9.17, 15) is 17.6 Å². The number of nitrogens with one attached hydrogen (secondary N) is 1. The number of aromatic nitrogens is 2. The molecule has 1 aromatic heterocycles. The van der Waals surface area contributed by atoms with Crippen molar-refractivity contribution in [1.82, 2.24) is 9.78 Å². The molecule has 1 aromatic carbocycles. The lowest BCUT2D eigenvalue weighted by molar-refractivity contribution is 0.122. The van der Waals surface area contributed by atoms with Crippen molar-refractivity contribution in [1.29, 1.82) is 0 Å². The van der Waals surface area contributed by atoms with Crippen LogP contribution in [0.3, 0.4) is 0 Å². The number of rotatable bonds is 5. The first kappa shape index (κ1) is 13.4. The number of hydrogen-bond donors (Lipinski definition) is 1. The Hall–Kier alpha value is -2.05. The molecule has 7 heteroatoms. The van der Waals surface area contributed by atoms with Crippen LogP contribution in [0.25, 0.3) is 0 Å². The van der Waals surface area contributed by atoms with Gasteiger partial charge in [-0.05, 0) is 18.2 Å². The van der Waals surface area contributed by atoms with Crippen LogP contribution in [0.15, 0.2) is 30.6 Å². The normalized spacial score (nSPS) is 11.0. The summed E-state index contributed by atoms with van der Waals surface area (Å²) in [6.45, 7) is -0.458. The maximum absolute atomic E-state index is 13.3. The molecule has 3 nitrogen and oxygen atoms in total. The molecule has 0 aliphatic rings. The summed E-state index contributed by atoms with van der Waals surface area (Å²) in [4.78, 5) is 0. The first-order valence-electron chi connectivity index (χ1n) is 5.53. The van der Waals surface area contributed by atoms with Crippen molar-refractivity contribution >= 4 is 5.69 Å². The lowest BCUT2D eigenvalue weighted by Gasteiger charge is -2.05. The lowest BCUT2D eigenvalue weighted by atomic mass is 10.2. The minimum Gasteiger partial charge on any atom is -0.378 e. The van der Waals surface area contributed by atoms with Crippen molar-refractivity contribution in [3.05, 3.63) is 47.8 Å². The van der Waals surface area contributed by atoms with E-state index in [1.54, 1.807) is 0 Å². The van der Waals surface area contributed by atoms with Crippen molar-refractivity contribution in [2.24, 2.45) is 0 Å². The molecule has 0 saturated carbocycles. The predicted molar refractivity (Wildman–Crippen MR) is 61.9 cm³/mol. The molecule has 0 atom stereocenters. The molecule has 19 heavy (non-hydrogen) atoms. The maximum Gasteiger partial charge on any atom is 0.257 e. The van der Waals surface area contributed by atoms with E-state index < -0.39 is 24.6 Å². The van der Waals surface area contributed by atoms with Gasteiger partial charge in [0.2, 0.25) is 0 Å². The molecule has 0 saturated heterocycles. The molecule has 1 heterocycles. The van der Waals surface area contributed by atoms with E-state index >= 15 is 0 Å². The monoisotopic (exact) mass is 273 g/mol. The molecule has 0 unspecified atom stereocenters. The second-order valence-electron chi connectivity index (χ2n) is 3.93. The molecule has 0 amide bonds. The highest BCUT2D eigenvalue weighted by molar-refractivity contribution is 5.39. The third-order valence-electron chi connectivity index (χ3n) is 2.45. The third-order valence-corrected chi connectivity index (χ3v) is 2.45. The molecule has 2 rings (SSSR count). The van der Waals surface area contributed by atoms with Crippen LogP contribution in [0.5, 0.6) is 0 Å². The largest absolute Gasteiger partial charge is 0.378 e. The van der Waals surface area contributed by atoms with Crippen molar-refractivity contribution in [3.8, 4) is 0 Å². The zero-order valence-corrected chi connectivity index (χ0v) is 9.78. The summed E-state index contributed by atoms with van der Waals surface area (Å²) in [5.41, 5.74) is 0.617. The van der Waals surface area contributed by atoms with Crippen molar-refractivity contribution < 1.29 is 17.6 Å². The van der Waals surface area contributed by atoms with Gasteiger partial charge in [-0.1, -0.05) is 0 Å². The second-order valence-corrected chi connectivity index (χ2v) is 3.93. The fraction of sp³-hybridized carbons (Fsp3) is 0.250. The molecular weight excluding hydrogens is 262 g/mol. The van der Waals surface area contributed by atoms with Crippen molar-refractivity contribution in [2.75, 3.05) is 5.32 Å². The summed E-state index contributed by atoms with van der Waals surface area (Å²) >= 11 is 0. The van der Waals surface area contributed by atoms with Crippen molar-refractivity contribution in [3.63, 3.8) is 0 Å². The highest BCUT2D eigenvalue weighted by atomic mass is 19.3. The van der Waals surface area contributed by atoms with Gasteiger partial charge in [0.25, 0.3) is 6.43 Å². The van der Waals surface area contributed by atoms with E-state index in [4.69, 9.17) is 0 Å². The Labute approximate surface area is 106 Å². The third kappa shape index (κ3) is 3.70. The first-order chi connectivity index (χ1) is 9.04. The van der Waals surface area contributed by atoms with Gasteiger partial charge in [0.05, 0.1) is 11.9 Å². The summed E-state index contributed by atoms with van der Waals surface area (Å²) in [6.07, 6.45) is 0.233. The molecular formula is C12H11F4N3. The van der Waals surface area contributed by atoms with Crippen LogP contribution >= 0.6 is 0 Å². The first-order valence-corrected chi connectivity index (χ1v) is 5.53. The number of anilines is 1. The van der Waals surface area contributed by atoms with Crippen LogP contribution in [0.1, 0.15) is 5.56 Å². The Morgan fingerprint density at radius 3 is 2.79 bits per heavy atom. The Morgan fingerprint density at radius 2 is 2.05 bits per heavy atom. The van der Waals surface area contributed by atoms with Gasteiger partial charge in [0.15, 0.2) is 0 Å². The highest BCUT2D eigenvalue weighted by Gasteiger charge is 2.07. The van der Waals surface area contributed by atoms with Gasteiger partial charge >= 0.3 is 0 Å². The number of benzene rings is 1. The second kappa shape index (κ2) is 5.73. The van der Waals surface area contributed by atoms with E-state index in [0.717, 1.165) is 22.9 Å². The van der Waals surface area contributed by atoms with E-state index in [1.165, 1.54) is 12.4 Å². The summed E-state index contributed by atoms with van der Waals surface area (Å²) in [5, 5.41) is 6.50. The molecule has 0 fully saturated rings. The average molecular weight is 273 g/mol. The standard InChI is InChI=1S/C12H11F4N3/c13-9-1-2-11(14)8(3-9)4-17-10-5-18-19(6-10)7-12(15)16/h1-3,5-6,12,17H,4,7H2. The van der Waals surface area contributed by atoms with Gasteiger partial charge in [-0.3, -0.25) is 4.68 Å². The van der Waals surface area contributed by atoms with Crippen LogP contribution in [0.4, 0.5) is 23.2 Å². The fourth-order valence-electron chi connectivity index (χ4n) is 1.57. The molecule has 102 valence electrons. The number of halogens is 4. The van der Waals surface area contributed by atoms with Gasteiger partial charge in [-0.15, -0.1) is 0 Å². The number of hydrogen-bond acceptors (Lipinski definition) is 2. The van der Waals surface area contributed by atoms with E-state index in [0.29, 0.717) is 5.69 Å². The molecule has 0 bridgehead atoms. The Bertz CT molecular complexity index is 554. The van der Waals surface area contributed by atoms with Gasteiger partial charge in [-0.25, -0.2) is 17.6 Å². The molecule has 0 spiro atoms. The van der Waals surface area contributed by atoms with Crippen LogP contribution in [-0.4, -0.2) is 16.2 Å². The minimum atomic E-state index is -2.49.